The first-order valence-electron chi connectivity index (χ1n) is 31.4. The summed E-state index contributed by atoms with van der Waals surface area (Å²) in [5.74, 6) is -8.09. The van der Waals surface area contributed by atoms with Gasteiger partial charge >= 0.3 is 23.8 Å². The lowest BCUT2D eigenvalue weighted by molar-refractivity contribution is -0.270. The van der Waals surface area contributed by atoms with Crippen LogP contribution in [-0.2, 0) is 47.2 Å². The van der Waals surface area contributed by atoms with E-state index in [0.29, 0.717) is 25.7 Å². The van der Waals surface area contributed by atoms with Crippen LogP contribution in [0.2, 0.25) is 0 Å². The smallest absolute Gasteiger partial charge is 0.324 e. The van der Waals surface area contributed by atoms with Crippen molar-refractivity contribution >= 4 is 41.8 Å². The maximum atomic E-state index is 16.1. The van der Waals surface area contributed by atoms with Crippen molar-refractivity contribution in [1.82, 2.24) is 5.32 Å². The summed E-state index contributed by atoms with van der Waals surface area (Å²) in [4.78, 5) is 53.7. The third-order valence-electron chi connectivity index (χ3n) is 15.2. The van der Waals surface area contributed by atoms with Crippen LogP contribution in [0.15, 0.2) is 60.7 Å². The predicted octanol–water partition coefficient (Wildman–Crippen LogP) is 15.2. The fourth-order valence-corrected chi connectivity index (χ4v) is 12.7. The molecule has 1 fully saturated rings. The van der Waals surface area contributed by atoms with Gasteiger partial charge in [-0.05, 0) is 56.4 Å². The number of carbonyl (C=O) groups is 4. The number of hydrogen-bond acceptors (Lipinski definition) is 11. The van der Waals surface area contributed by atoms with Crippen LogP contribution in [0.25, 0.3) is 0 Å². The second-order valence-corrected chi connectivity index (χ2v) is 24.5. The Balaban J connectivity index is 1.96. The van der Waals surface area contributed by atoms with Crippen LogP contribution < -0.4 is 15.9 Å². The highest BCUT2D eigenvalue weighted by Crippen LogP contribution is 2.48. The SMILES string of the molecule is CCCCCCCCCCCCCC(=O)O[C@H](CCCCCCCCCCC)CC(=O)O[C@@H]1[C@@H](NC(=O)C(F)(F)CCCCCCCCCCCC)[C@H](OCCCC(=O)O)O[C@H](CO)[C@H]1OP(=O)(c1ccccc1)c1ccccc1. The summed E-state index contributed by atoms with van der Waals surface area (Å²) in [6.45, 7) is 5.45. The van der Waals surface area contributed by atoms with Crippen LogP contribution in [0.5, 0.6) is 0 Å². The maximum absolute atomic E-state index is 16.1. The number of unbranched alkanes of at least 4 members (excludes halogenated alkanes) is 27. The number of carboxylic acids is 1. The van der Waals surface area contributed by atoms with Crippen molar-refractivity contribution in [1.29, 1.82) is 0 Å². The molecule has 0 saturated carbocycles. The van der Waals surface area contributed by atoms with Gasteiger partial charge in [-0.3, -0.25) is 23.7 Å². The summed E-state index contributed by atoms with van der Waals surface area (Å²) < 4.78 is 79.1. The second kappa shape index (κ2) is 43.0. The molecule has 1 heterocycles. The predicted molar refractivity (Wildman–Crippen MR) is 314 cm³/mol. The number of halogens is 2. The number of carboxylic acid groups (broad SMARTS) is 1. The largest absolute Gasteiger partial charge is 0.481 e. The summed E-state index contributed by atoms with van der Waals surface area (Å²) in [6, 6.07) is 14.7. The number of nitrogens with one attached hydrogen (secondary N) is 1. The van der Waals surface area contributed by atoms with Crippen molar-refractivity contribution in [2.45, 2.75) is 295 Å². The molecule has 3 N–H and O–H groups in total. The minimum Gasteiger partial charge on any atom is -0.481 e. The minimum atomic E-state index is -4.23. The molecule has 0 radical (unpaired) electrons. The number of ether oxygens (including phenoxy) is 4. The summed E-state index contributed by atoms with van der Waals surface area (Å²) in [7, 11) is -4.23. The molecular formula is C64H104F2NO12P. The normalized spacial score (nSPS) is 17.9. The first kappa shape index (κ1) is 70.5. The number of carbonyl (C=O) groups excluding carboxylic acids is 3. The molecule has 80 heavy (non-hydrogen) atoms. The summed E-state index contributed by atoms with van der Waals surface area (Å²) in [5.41, 5.74) is 0. The Bertz CT molecular complexity index is 1940. The highest BCUT2D eigenvalue weighted by Gasteiger charge is 2.54. The van der Waals surface area contributed by atoms with E-state index in [4.69, 9.17) is 23.5 Å². The van der Waals surface area contributed by atoms with E-state index in [1.807, 2.05) is 0 Å². The molecule has 0 aromatic heterocycles. The maximum Gasteiger partial charge on any atom is 0.324 e. The lowest BCUT2D eigenvalue weighted by Crippen LogP contribution is -2.67. The fourth-order valence-electron chi connectivity index (χ4n) is 10.4. The van der Waals surface area contributed by atoms with Crippen LogP contribution in [-0.4, -0.2) is 89.9 Å². The van der Waals surface area contributed by atoms with Crippen molar-refractivity contribution < 1.29 is 66.2 Å². The van der Waals surface area contributed by atoms with Crippen LogP contribution >= 0.6 is 7.37 Å². The lowest BCUT2D eigenvalue weighted by Gasteiger charge is -2.46. The fraction of sp³-hybridized carbons (Fsp3) is 0.750. The zero-order chi connectivity index (χ0) is 58.1. The first-order chi connectivity index (χ1) is 38.8. The number of hydrogen-bond donors (Lipinski definition) is 3. The summed E-state index contributed by atoms with van der Waals surface area (Å²) in [6.07, 6.45) is 22.1. The Morgan fingerprint density at radius 3 is 1.51 bits per heavy atom. The number of aliphatic carboxylic acids is 1. The number of benzene rings is 2. The zero-order valence-corrected chi connectivity index (χ0v) is 50.2. The molecule has 2 aromatic rings. The Kier molecular flexibility index (Phi) is 37.9. The molecule has 0 unspecified atom stereocenters. The van der Waals surface area contributed by atoms with Crippen LogP contribution in [0.4, 0.5) is 8.78 Å². The Morgan fingerprint density at radius 1 is 0.600 bits per heavy atom. The van der Waals surface area contributed by atoms with Gasteiger partial charge in [-0.25, -0.2) is 0 Å². The molecule has 3 rings (SSSR count). The average molecular weight is 1150 g/mol. The third-order valence-corrected chi connectivity index (χ3v) is 17.7. The molecule has 0 aliphatic carbocycles. The van der Waals surface area contributed by atoms with Gasteiger partial charge in [0.1, 0.15) is 24.4 Å². The number of aliphatic hydroxyl groups excluding tert-OH is 1. The molecule has 456 valence electrons. The van der Waals surface area contributed by atoms with E-state index in [-0.39, 0.29) is 42.9 Å². The Labute approximate surface area is 480 Å². The summed E-state index contributed by atoms with van der Waals surface area (Å²) in [5, 5.41) is 23.3. The van der Waals surface area contributed by atoms with Crippen LogP contribution in [0, 0.1) is 0 Å². The van der Waals surface area contributed by atoms with E-state index in [0.717, 1.165) is 89.9 Å². The summed E-state index contributed by atoms with van der Waals surface area (Å²) >= 11 is 0. The average Bonchev–Trinajstić information content (AvgIpc) is 3.48. The van der Waals surface area contributed by atoms with E-state index in [1.165, 1.54) is 77.0 Å². The number of esters is 2. The Hall–Kier alpha value is -3.75. The van der Waals surface area contributed by atoms with Crippen molar-refractivity contribution in [3.05, 3.63) is 60.7 Å². The van der Waals surface area contributed by atoms with Gasteiger partial charge in [0.2, 0.25) is 0 Å². The zero-order valence-electron chi connectivity index (χ0n) is 49.3. The standard InChI is InChI=1S/C64H104F2NO12P/c1-4-7-10-13-16-19-21-23-26-29-38-47-57(71)76-52(41-33-28-25-22-18-15-12-9-6-3)50-58(72)78-61-59(67-63(73)64(65,66)48-39-30-27-24-20-17-14-11-8-5-2)62(75-49-40-46-56(69)70)77-55(51-68)60(61)79-80(74,53-42-34-31-35-43-53)54-44-36-32-37-45-54/h31-32,34-37,42-45,52,55,59-62,68H,4-30,33,38-41,46-51H2,1-3H3,(H,67,73)(H,69,70)/t52-,55-,59-,60-,61-,62-/m1/s1. The highest BCUT2D eigenvalue weighted by atomic mass is 31.2. The molecule has 0 spiro atoms. The van der Waals surface area contributed by atoms with Gasteiger partial charge in [0.15, 0.2) is 12.4 Å². The highest BCUT2D eigenvalue weighted by molar-refractivity contribution is 7.74. The Morgan fingerprint density at radius 2 is 1.05 bits per heavy atom. The van der Waals surface area contributed by atoms with Crippen molar-refractivity contribution in [3.8, 4) is 0 Å². The van der Waals surface area contributed by atoms with Crippen molar-refractivity contribution in [2.75, 3.05) is 13.2 Å². The molecular weight excluding hydrogens is 1040 g/mol. The molecule has 1 aliphatic heterocycles. The van der Waals surface area contributed by atoms with Gasteiger partial charge in [0, 0.05) is 29.9 Å². The topological polar surface area (TPSA) is 184 Å². The molecule has 1 saturated heterocycles. The monoisotopic (exact) mass is 1150 g/mol. The minimum absolute atomic E-state index is 0.0404. The number of aliphatic hydroxyl groups is 1. The molecule has 0 bridgehead atoms. The van der Waals surface area contributed by atoms with Gasteiger partial charge in [-0.15, -0.1) is 0 Å². The lowest BCUT2D eigenvalue weighted by atomic mass is 9.95. The second-order valence-electron chi connectivity index (χ2n) is 22.2. The van der Waals surface area contributed by atoms with Gasteiger partial charge in [0.05, 0.1) is 19.6 Å². The van der Waals surface area contributed by atoms with Gasteiger partial charge in [0.25, 0.3) is 13.3 Å². The first-order valence-corrected chi connectivity index (χ1v) is 33.0. The van der Waals surface area contributed by atoms with Gasteiger partial charge < -0.3 is 39.0 Å². The van der Waals surface area contributed by atoms with Crippen molar-refractivity contribution in [2.24, 2.45) is 0 Å². The number of alkyl halides is 2. The quantitative estimate of drug-likeness (QED) is 0.0324. The van der Waals surface area contributed by atoms with Crippen LogP contribution in [0.3, 0.4) is 0 Å². The van der Waals surface area contributed by atoms with E-state index >= 15 is 13.3 Å². The molecule has 16 heteroatoms. The molecule has 2 aromatic carbocycles. The third kappa shape index (κ3) is 29.0. The number of amides is 1. The molecule has 1 aliphatic rings. The van der Waals surface area contributed by atoms with Gasteiger partial charge in [-0.1, -0.05) is 231 Å². The molecule has 6 atom stereocenters. The van der Waals surface area contributed by atoms with E-state index < -0.39 is 93.3 Å². The van der Waals surface area contributed by atoms with E-state index in [2.05, 4.69) is 26.1 Å². The number of rotatable bonds is 49. The van der Waals surface area contributed by atoms with E-state index in [1.54, 1.807) is 60.7 Å². The molecule has 13 nitrogen and oxygen atoms in total. The van der Waals surface area contributed by atoms with Crippen LogP contribution in [0.1, 0.15) is 252 Å². The van der Waals surface area contributed by atoms with Crippen molar-refractivity contribution in [3.63, 3.8) is 0 Å². The van der Waals surface area contributed by atoms with Gasteiger partial charge in [-0.2, -0.15) is 8.78 Å². The van der Waals surface area contributed by atoms with E-state index in [9.17, 15) is 29.4 Å². The molecule has 1 amide bonds.